The maximum Gasteiger partial charge on any atom is 0.0237 e. The van der Waals surface area contributed by atoms with Gasteiger partial charge in [0.15, 0.2) is 0 Å². The lowest BCUT2D eigenvalue weighted by Crippen LogP contribution is -2.27. The van der Waals surface area contributed by atoms with Gasteiger partial charge in [0.25, 0.3) is 0 Å². The van der Waals surface area contributed by atoms with Gasteiger partial charge in [-0.25, -0.2) is 0 Å². The summed E-state index contributed by atoms with van der Waals surface area (Å²) >= 11 is 1.75. The quantitative estimate of drug-likeness (QED) is 0.792. The summed E-state index contributed by atoms with van der Waals surface area (Å²) in [5, 5.41) is 4.30. The zero-order valence-electron chi connectivity index (χ0n) is 11.5. The monoisotopic (exact) mass is 281 g/mol. The normalized spacial score (nSPS) is 16.5. The molecule has 1 aromatic carbocycles. The summed E-state index contributed by atoms with van der Waals surface area (Å²) in [5.74, 6) is 0. The van der Waals surface area contributed by atoms with Gasteiger partial charge in [0.2, 0.25) is 0 Å². The Kier molecular flexibility index (Phi) is 4.46. The lowest BCUT2D eigenvalue weighted by Gasteiger charge is -2.25. The van der Waals surface area contributed by atoms with Crippen LogP contribution in [0.25, 0.3) is 6.08 Å². The highest BCUT2D eigenvalue weighted by Crippen LogP contribution is 2.16. The van der Waals surface area contributed by atoms with Gasteiger partial charge in [-0.3, -0.25) is 4.90 Å². The first kappa shape index (κ1) is 13.3. The molecule has 2 heteroatoms. The van der Waals surface area contributed by atoms with E-state index in [1.807, 2.05) is 0 Å². The van der Waals surface area contributed by atoms with E-state index in [0.29, 0.717) is 0 Å². The maximum absolute atomic E-state index is 2.50. The molecule has 3 rings (SSSR count). The van der Waals surface area contributed by atoms with Crippen LogP contribution >= 0.6 is 11.3 Å². The molecule has 0 amide bonds. The molecule has 1 aromatic heterocycles. The average molecular weight is 281 g/mol. The first-order valence-corrected chi connectivity index (χ1v) is 8.00. The van der Waals surface area contributed by atoms with Gasteiger partial charge in [-0.1, -0.05) is 48.6 Å². The van der Waals surface area contributed by atoms with Gasteiger partial charge < -0.3 is 0 Å². The summed E-state index contributed by atoms with van der Waals surface area (Å²) in [6.07, 6.45) is 7.99. The Morgan fingerprint density at radius 1 is 1.10 bits per heavy atom. The lowest BCUT2D eigenvalue weighted by molar-refractivity contribution is 0.287. The fourth-order valence-corrected chi connectivity index (χ4v) is 3.07. The fourth-order valence-electron chi connectivity index (χ4n) is 2.44. The van der Waals surface area contributed by atoms with E-state index in [1.165, 1.54) is 16.7 Å². The summed E-state index contributed by atoms with van der Waals surface area (Å²) in [7, 11) is 0. The minimum atomic E-state index is 1.05. The molecule has 0 N–H and O–H groups in total. The van der Waals surface area contributed by atoms with E-state index >= 15 is 0 Å². The molecule has 0 aliphatic carbocycles. The number of benzene rings is 1. The highest BCUT2D eigenvalue weighted by Gasteiger charge is 2.10. The molecular formula is C18H19NS. The molecule has 1 aliphatic heterocycles. The highest BCUT2D eigenvalue weighted by atomic mass is 32.1. The van der Waals surface area contributed by atoms with Gasteiger partial charge in [-0.05, 0) is 39.9 Å². The molecule has 0 saturated heterocycles. The molecular weight excluding hydrogens is 262 g/mol. The van der Waals surface area contributed by atoms with Crippen molar-refractivity contribution >= 4 is 17.4 Å². The first-order valence-electron chi connectivity index (χ1n) is 7.06. The van der Waals surface area contributed by atoms with Gasteiger partial charge in [-0.15, -0.1) is 0 Å². The summed E-state index contributed by atoms with van der Waals surface area (Å²) in [4.78, 5) is 2.50. The number of allylic oxidation sites excluding steroid dienone is 1. The van der Waals surface area contributed by atoms with E-state index in [1.54, 1.807) is 11.3 Å². The predicted molar refractivity (Wildman–Crippen MR) is 87.8 cm³/mol. The molecule has 0 saturated carbocycles. The molecule has 2 heterocycles. The Morgan fingerprint density at radius 3 is 2.70 bits per heavy atom. The third-order valence-electron chi connectivity index (χ3n) is 3.61. The van der Waals surface area contributed by atoms with Crippen LogP contribution in [0.3, 0.4) is 0 Å². The SMILES string of the molecule is C(=Cc1ccsc1)C1=CCN(Cc2ccccc2)CC1. The topological polar surface area (TPSA) is 3.24 Å². The molecule has 0 bridgehead atoms. The van der Waals surface area contributed by atoms with Crippen LogP contribution in [0.5, 0.6) is 0 Å². The smallest absolute Gasteiger partial charge is 0.0237 e. The van der Waals surface area contributed by atoms with Crippen LogP contribution in [-0.2, 0) is 6.54 Å². The van der Waals surface area contributed by atoms with E-state index in [4.69, 9.17) is 0 Å². The van der Waals surface area contributed by atoms with Crippen molar-refractivity contribution in [1.82, 2.24) is 4.90 Å². The molecule has 0 radical (unpaired) electrons. The van der Waals surface area contributed by atoms with Crippen molar-refractivity contribution in [2.24, 2.45) is 0 Å². The second-order valence-corrected chi connectivity index (χ2v) is 5.92. The Balaban J connectivity index is 1.55. The van der Waals surface area contributed by atoms with E-state index in [2.05, 4.69) is 70.3 Å². The third kappa shape index (κ3) is 3.69. The Bertz CT molecular complexity index is 581. The van der Waals surface area contributed by atoms with Crippen molar-refractivity contribution < 1.29 is 0 Å². The largest absolute Gasteiger partial charge is 0.295 e. The molecule has 1 nitrogen and oxygen atoms in total. The summed E-state index contributed by atoms with van der Waals surface area (Å²) < 4.78 is 0. The van der Waals surface area contributed by atoms with Crippen LogP contribution < -0.4 is 0 Å². The zero-order valence-corrected chi connectivity index (χ0v) is 12.4. The molecule has 2 aromatic rings. The van der Waals surface area contributed by atoms with Crippen LogP contribution in [0.4, 0.5) is 0 Å². The predicted octanol–water partition coefficient (Wildman–Crippen LogP) is 4.59. The van der Waals surface area contributed by atoms with Crippen LogP contribution in [0.1, 0.15) is 17.5 Å². The van der Waals surface area contributed by atoms with Crippen molar-refractivity contribution in [2.75, 3.05) is 13.1 Å². The molecule has 102 valence electrons. The first-order chi connectivity index (χ1) is 9.90. The molecule has 0 spiro atoms. The number of hydrogen-bond donors (Lipinski definition) is 0. The van der Waals surface area contributed by atoms with Crippen LogP contribution in [-0.4, -0.2) is 18.0 Å². The van der Waals surface area contributed by atoms with Crippen molar-refractivity contribution in [3.05, 3.63) is 76.0 Å². The van der Waals surface area contributed by atoms with E-state index < -0.39 is 0 Å². The second-order valence-electron chi connectivity index (χ2n) is 5.14. The standard InChI is InChI=1S/C18H19NS/c1-2-4-17(5-3-1)14-19-11-8-16(9-12-19)6-7-18-10-13-20-15-18/h1-8,10,13,15H,9,11-12,14H2. The average Bonchev–Trinajstić information content (AvgIpc) is 3.01. The Morgan fingerprint density at radius 2 is 2.00 bits per heavy atom. The van der Waals surface area contributed by atoms with Crippen LogP contribution in [0, 0.1) is 0 Å². The highest BCUT2D eigenvalue weighted by molar-refractivity contribution is 7.08. The van der Waals surface area contributed by atoms with Crippen molar-refractivity contribution in [3.63, 3.8) is 0 Å². The second kappa shape index (κ2) is 6.69. The minimum absolute atomic E-state index is 1.05. The number of nitrogens with zero attached hydrogens (tertiary/aromatic N) is 1. The van der Waals surface area contributed by atoms with Gasteiger partial charge in [0.05, 0.1) is 0 Å². The van der Waals surface area contributed by atoms with Crippen molar-refractivity contribution in [3.8, 4) is 0 Å². The van der Waals surface area contributed by atoms with Gasteiger partial charge in [-0.2, -0.15) is 11.3 Å². The van der Waals surface area contributed by atoms with E-state index in [9.17, 15) is 0 Å². The maximum atomic E-state index is 2.50. The molecule has 0 fully saturated rings. The molecule has 0 unspecified atom stereocenters. The number of rotatable bonds is 4. The minimum Gasteiger partial charge on any atom is -0.295 e. The van der Waals surface area contributed by atoms with Gasteiger partial charge in [0.1, 0.15) is 0 Å². The fraction of sp³-hybridized carbons (Fsp3) is 0.222. The molecule has 0 atom stereocenters. The third-order valence-corrected chi connectivity index (χ3v) is 4.31. The van der Waals surface area contributed by atoms with Crippen molar-refractivity contribution in [2.45, 2.75) is 13.0 Å². The lowest BCUT2D eigenvalue weighted by atomic mass is 10.1. The Hall–Kier alpha value is -1.64. The Labute approximate surface area is 124 Å². The summed E-state index contributed by atoms with van der Waals surface area (Å²) in [5.41, 5.74) is 4.17. The summed E-state index contributed by atoms with van der Waals surface area (Å²) in [6, 6.07) is 12.9. The molecule has 20 heavy (non-hydrogen) atoms. The number of thiophene rings is 1. The van der Waals surface area contributed by atoms with Crippen LogP contribution in [0.15, 0.2) is 64.9 Å². The van der Waals surface area contributed by atoms with Gasteiger partial charge >= 0.3 is 0 Å². The van der Waals surface area contributed by atoms with Crippen molar-refractivity contribution in [1.29, 1.82) is 0 Å². The number of hydrogen-bond acceptors (Lipinski definition) is 2. The summed E-state index contributed by atoms with van der Waals surface area (Å²) in [6.45, 7) is 3.26. The van der Waals surface area contributed by atoms with Gasteiger partial charge in [0, 0.05) is 19.6 Å². The van der Waals surface area contributed by atoms with Crippen LogP contribution in [0.2, 0.25) is 0 Å². The zero-order chi connectivity index (χ0) is 13.6. The van der Waals surface area contributed by atoms with E-state index in [0.717, 1.165) is 26.1 Å². The molecule has 1 aliphatic rings. The van der Waals surface area contributed by atoms with E-state index in [-0.39, 0.29) is 0 Å².